The highest BCUT2D eigenvalue weighted by Crippen LogP contribution is 2.10. The minimum Gasteiger partial charge on any atom is -0.313 e. The van der Waals surface area contributed by atoms with Crippen LogP contribution in [-0.2, 0) is 44.7 Å². The third kappa shape index (κ3) is 21.3. The van der Waals surface area contributed by atoms with Gasteiger partial charge in [-0.15, -0.1) is 0 Å². The van der Waals surface area contributed by atoms with Gasteiger partial charge in [0.2, 0.25) is 0 Å². The van der Waals surface area contributed by atoms with E-state index in [2.05, 4.69) is 53.4 Å². The molecular formula is C17H34O9. The first-order valence-electron chi connectivity index (χ1n) is 9.27. The lowest BCUT2D eigenvalue weighted by atomic mass is 10.1. The van der Waals surface area contributed by atoms with E-state index in [4.69, 9.17) is 4.89 Å². The van der Waals surface area contributed by atoms with Gasteiger partial charge in [-0.05, 0) is 31.6 Å². The normalized spacial score (nSPS) is 11.0. The molecule has 0 spiro atoms. The zero-order valence-electron chi connectivity index (χ0n) is 16.1. The fourth-order valence-electron chi connectivity index (χ4n) is 2.06. The average Bonchev–Trinajstić information content (AvgIpc) is 2.65. The maximum absolute atomic E-state index is 4.75. The summed E-state index contributed by atoms with van der Waals surface area (Å²) >= 11 is 0. The van der Waals surface area contributed by atoms with E-state index in [0.717, 1.165) is 12.8 Å². The van der Waals surface area contributed by atoms with Crippen LogP contribution in [-0.4, -0.2) is 20.3 Å². The molecule has 156 valence electrons. The molecule has 0 heterocycles. The van der Waals surface area contributed by atoms with Gasteiger partial charge in [0, 0.05) is 6.42 Å². The first-order chi connectivity index (χ1) is 12.8. The van der Waals surface area contributed by atoms with E-state index in [1.54, 1.807) is 0 Å². The van der Waals surface area contributed by atoms with Gasteiger partial charge in [0.05, 0.1) is 20.3 Å². The smallest absolute Gasteiger partial charge is 0.141 e. The van der Waals surface area contributed by atoms with Crippen LogP contribution in [0.3, 0.4) is 0 Å². The van der Waals surface area contributed by atoms with E-state index in [1.165, 1.54) is 58.5 Å². The molecule has 0 N–H and O–H groups in total. The molecule has 0 rings (SSSR count). The van der Waals surface area contributed by atoms with Gasteiger partial charge in [-0.2, -0.15) is 4.89 Å². The standard InChI is InChI=1S/C17H34O9/c1-4-5-6-7-8-9-10-11-12-13-15-19-23-25-26-24-20-16-14-17(2)21-22-18-3/h2,4-16H2,1,3H3. The Labute approximate surface area is 155 Å². The van der Waals surface area contributed by atoms with Gasteiger partial charge in [-0.25, -0.2) is 9.78 Å². The molecule has 0 radical (unpaired) electrons. The molecular weight excluding hydrogens is 348 g/mol. The highest BCUT2D eigenvalue weighted by Gasteiger charge is 1.99. The topological polar surface area (TPSA) is 83.1 Å². The maximum atomic E-state index is 4.75. The molecule has 0 aromatic heterocycles. The predicted molar refractivity (Wildman–Crippen MR) is 91.0 cm³/mol. The van der Waals surface area contributed by atoms with Crippen molar-refractivity contribution in [1.82, 2.24) is 0 Å². The van der Waals surface area contributed by atoms with Crippen molar-refractivity contribution in [2.45, 2.75) is 77.6 Å². The lowest BCUT2D eigenvalue weighted by molar-refractivity contribution is -0.756. The van der Waals surface area contributed by atoms with Crippen LogP contribution in [0.2, 0.25) is 0 Å². The number of rotatable bonds is 22. The van der Waals surface area contributed by atoms with Gasteiger partial charge in [0.15, 0.2) is 0 Å². The summed E-state index contributed by atoms with van der Waals surface area (Å²) in [6, 6.07) is 0. The zero-order chi connectivity index (χ0) is 19.1. The lowest BCUT2D eigenvalue weighted by Gasteiger charge is -2.04. The maximum Gasteiger partial charge on any atom is 0.141 e. The van der Waals surface area contributed by atoms with Crippen LogP contribution in [0.25, 0.3) is 0 Å². The van der Waals surface area contributed by atoms with Gasteiger partial charge in [0.1, 0.15) is 5.76 Å². The van der Waals surface area contributed by atoms with Crippen molar-refractivity contribution >= 4 is 0 Å². The highest BCUT2D eigenvalue weighted by molar-refractivity contribution is 4.79. The summed E-state index contributed by atoms with van der Waals surface area (Å²) in [6.07, 6.45) is 12.8. The van der Waals surface area contributed by atoms with Crippen molar-refractivity contribution in [2.75, 3.05) is 20.3 Å². The molecule has 0 aromatic carbocycles. The Morgan fingerprint density at radius 3 is 1.77 bits per heavy atom. The van der Waals surface area contributed by atoms with Crippen LogP contribution in [0.1, 0.15) is 77.6 Å². The van der Waals surface area contributed by atoms with Gasteiger partial charge in [0.25, 0.3) is 0 Å². The summed E-state index contributed by atoms with van der Waals surface area (Å²) in [5.41, 5.74) is 0. The Hall–Kier alpha value is -0.780. The van der Waals surface area contributed by atoms with Crippen molar-refractivity contribution in [3.8, 4) is 0 Å². The van der Waals surface area contributed by atoms with Crippen molar-refractivity contribution in [3.63, 3.8) is 0 Å². The highest BCUT2D eigenvalue weighted by atomic mass is 17.8. The third-order valence-corrected chi connectivity index (χ3v) is 3.44. The average molecular weight is 382 g/mol. The largest absolute Gasteiger partial charge is 0.313 e. The second kappa shape index (κ2) is 22.3. The van der Waals surface area contributed by atoms with Crippen molar-refractivity contribution in [2.24, 2.45) is 0 Å². The van der Waals surface area contributed by atoms with E-state index < -0.39 is 0 Å². The Balaban J connectivity index is 3.04. The fourth-order valence-corrected chi connectivity index (χ4v) is 2.06. The molecule has 0 atom stereocenters. The molecule has 0 saturated carbocycles. The lowest BCUT2D eigenvalue weighted by Crippen LogP contribution is -2.04. The third-order valence-electron chi connectivity index (χ3n) is 3.44. The van der Waals surface area contributed by atoms with Crippen LogP contribution in [0.15, 0.2) is 12.3 Å². The molecule has 0 aliphatic rings. The molecule has 0 amide bonds. The molecule has 0 unspecified atom stereocenters. The van der Waals surface area contributed by atoms with Gasteiger partial charge >= 0.3 is 0 Å². The van der Waals surface area contributed by atoms with Crippen molar-refractivity contribution < 1.29 is 44.7 Å². The molecule has 0 aromatic rings. The first-order valence-corrected chi connectivity index (χ1v) is 9.27. The summed E-state index contributed by atoms with van der Waals surface area (Å²) in [7, 11) is 1.30. The fraction of sp³-hybridized carbons (Fsp3) is 0.882. The molecule has 26 heavy (non-hydrogen) atoms. The van der Waals surface area contributed by atoms with Crippen LogP contribution in [0.5, 0.6) is 0 Å². The monoisotopic (exact) mass is 382 g/mol. The van der Waals surface area contributed by atoms with Crippen LogP contribution >= 0.6 is 0 Å². The van der Waals surface area contributed by atoms with E-state index in [9.17, 15) is 0 Å². The SMILES string of the molecule is C=C(CCOOOOOOCCCCCCCCCCCC)OOOC. The molecule has 0 fully saturated rings. The van der Waals surface area contributed by atoms with Crippen molar-refractivity contribution in [1.29, 1.82) is 0 Å². The van der Waals surface area contributed by atoms with E-state index in [-0.39, 0.29) is 12.4 Å². The summed E-state index contributed by atoms with van der Waals surface area (Å²) in [5, 5.41) is 20.9. The minimum absolute atomic E-state index is 0.0920. The van der Waals surface area contributed by atoms with Gasteiger partial charge < -0.3 is 4.89 Å². The van der Waals surface area contributed by atoms with Crippen LogP contribution < -0.4 is 0 Å². The Morgan fingerprint density at radius 2 is 1.19 bits per heavy atom. The van der Waals surface area contributed by atoms with Crippen molar-refractivity contribution in [3.05, 3.63) is 12.3 Å². The van der Waals surface area contributed by atoms with Crippen LogP contribution in [0, 0.1) is 0 Å². The second-order valence-electron chi connectivity index (χ2n) is 5.70. The Morgan fingerprint density at radius 1 is 0.654 bits per heavy atom. The van der Waals surface area contributed by atoms with E-state index in [1.807, 2.05) is 0 Å². The summed E-state index contributed by atoms with van der Waals surface area (Å²) < 4.78 is 0. The number of unbranched alkanes of at least 4 members (excludes halogenated alkanes) is 9. The van der Waals surface area contributed by atoms with Gasteiger partial charge in [-0.3, -0.25) is 0 Å². The summed E-state index contributed by atoms with van der Waals surface area (Å²) in [5.74, 6) is 0.285. The Bertz CT molecular complexity index is 289. The second-order valence-corrected chi connectivity index (χ2v) is 5.70. The Kier molecular flexibility index (Phi) is 21.6. The number of hydrogen-bond acceptors (Lipinski definition) is 9. The first kappa shape index (κ1) is 25.2. The summed E-state index contributed by atoms with van der Waals surface area (Å²) in [6.45, 7) is 6.27. The van der Waals surface area contributed by atoms with Gasteiger partial charge in [-0.1, -0.05) is 71.3 Å². The molecule has 0 bridgehead atoms. The van der Waals surface area contributed by atoms with Crippen LogP contribution in [0.4, 0.5) is 0 Å². The zero-order valence-corrected chi connectivity index (χ0v) is 16.1. The molecule has 9 heteroatoms. The number of hydrogen-bond donors (Lipinski definition) is 0. The quantitative estimate of drug-likeness (QED) is 0.111. The molecule has 0 aliphatic carbocycles. The molecule has 9 nitrogen and oxygen atoms in total. The van der Waals surface area contributed by atoms with E-state index >= 15 is 0 Å². The molecule has 0 saturated heterocycles. The molecule has 0 aliphatic heterocycles. The summed E-state index contributed by atoms with van der Waals surface area (Å²) in [4.78, 5) is 18.1. The minimum atomic E-state index is 0.0920. The van der Waals surface area contributed by atoms with E-state index in [0.29, 0.717) is 13.0 Å². The predicted octanol–water partition coefficient (Wildman–Crippen LogP) is 5.00.